The van der Waals surface area contributed by atoms with Crippen molar-refractivity contribution in [3.63, 3.8) is 0 Å². The first-order valence-electron chi connectivity index (χ1n) is 9.87. The van der Waals surface area contributed by atoms with Crippen LogP contribution in [0, 0.1) is 0 Å². The Hall–Kier alpha value is -2.17. The zero-order valence-electron chi connectivity index (χ0n) is 15.6. The molecule has 0 saturated carbocycles. The number of hydrogen-bond acceptors (Lipinski definition) is 3. The molecule has 2 aliphatic heterocycles. The number of aryl methyl sites for hydroxylation is 1. The van der Waals surface area contributed by atoms with Gasteiger partial charge < -0.3 is 4.90 Å². The number of nitrogens with one attached hydrogen (secondary N) is 1. The third kappa shape index (κ3) is 3.97. The molecule has 3 amide bonds. The predicted molar refractivity (Wildman–Crippen MR) is 99.6 cm³/mol. The Labute approximate surface area is 155 Å². The number of rotatable bonds is 8. The fraction of sp³-hybridized carbons (Fsp3) is 0.571. The van der Waals surface area contributed by atoms with Gasteiger partial charge in [-0.05, 0) is 36.5 Å². The van der Waals surface area contributed by atoms with Crippen molar-refractivity contribution in [1.82, 2.24) is 10.2 Å². The van der Waals surface area contributed by atoms with Crippen molar-refractivity contribution < 1.29 is 14.4 Å². The van der Waals surface area contributed by atoms with Gasteiger partial charge in [0, 0.05) is 18.5 Å². The standard InChI is InChI=1S/C21H28N2O3/c1-2-3-4-5-6-7-9-15-10-8-11-16-17(15)14-23(21(16)26)18-12-13-19(24)22-20(18)25/h8,10-11,18H,2-7,9,12-14H2,1H3,(H,22,24,25). The third-order valence-electron chi connectivity index (χ3n) is 5.48. The van der Waals surface area contributed by atoms with Crippen LogP contribution in [0.1, 0.15) is 79.8 Å². The first-order valence-corrected chi connectivity index (χ1v) is 9.87. The lowest BCUT2D eigenvalue weighted by atomic mass is 9.98. The maximum absolute atomic E-state index is 12.8. The quantitative estimate of drug-likeness (QED) is 0.574. The van der Waals surface area contributed by atoms with E-state index in [1.165, 1.54) is 37.7 Å². The monoisotopic (exact) mass is 356 g/mol. The Kier molecular flexibility index (Phi) is 6.07. The third-order valence-corrected chi connectivity index (χ3v) is 5.48. The molecule has 5 heteroatoms. The molecule has 2 heterocycles. The first kappa shape index (κ1) is 18.6. The Morgan fingerprint density at radius 1 is 1.08 bits per heavy atom. The Morgan fingerprint density at radius 2 is 1.85 bits per heavy atom. The number of carbonyl (C=O) groups excluding carboxylic acids is 3. The highest BCUT2D eigenvalue weighted by Crippen LogP contribution is 2.30. The number of carbonyl (C=O) groups is 3. The molecule has 2 aliphatic rings. The van der Waals surface area contributed by atoms with E-state index in [0.29, 0.717) is 19.4 Å². The highest BCUT2D eigenvalue weighted by Gasteiger charge is 2.39. The average Bonchev–Trinajstić information content (AvgIpc) is 2.96. The van der Waals surface area contributed by atoms with Crippen molar-refractivity contribution in [2.45, 2.75) is 77.3 Å². The summed E-state index contributed by atoms with van der Waals surface area (Å²) in [6, 6.07) is 5.37. The van der Waals surface area contributed by atoms with Crippen LogP contribution in [0.2, 0.25) is 0 Å². The number of imide groups is 1. The summed E-state index contributed by atoms with van der Waals surface area (Å²) in [6.07, 6.45) is 9.15. The van der Waals surface area contributed by atoms with Crippen LogP contribution in [0.25, 0.3) is 0 Å². The molecule has 0 bridgehead atoms. The minimum atomic E-state index is -0.533. The van der Waals surface area contributed by atoms with Crippen LogP contribution in [0.15, 0.2) is 18.2 Å². The van der Waals surface area contributed by atoms with Gasteiger partial charge in [-0.2, -0.15) is 0 Å². The number of fused-ring (bicyclic) bond motifs is 1. The van der Waals surface area contributed by atoms with Gasteiger partial charge in [0.15, 0.2) is 0 Å². The number of benzene rings is 1. The second kappa shape index (κ2) is 8.47. The molecule has 1 aromatic rings. The van der Waals surface area contributed by atoms with Gasteiger partial charge in [0.25, 0.3) is 5.91 Å². The zero-order valence-corrected chi connectivity index (χ0v) is 15.6. The molecule has 1 fully saturated rings. The largest absolute Gasteiger partial charge is 0.322 e. The maximum atomic E-state index is 12.8. The van der Waals surface area contributed by atoms with Gasteiger partial charge in [-0.25, -0.2) is 0 Å². The van der Waals surface area contributed by atoms with Crippen LogP contribution in [-0.2, 0) is 22.6 Å². The lowest BCUT2D eigenvalue weighted by molar-refractivity contribution is -0.136. The Balaban J connectivity index is 1.64. The van der Waals surface area contributed by atoms with Gasteiger partial charge >= 0.3 is 0 Å². The van der Waals surface area contributed by atoms with E-state index in [0.717, 1.165) is 24.0 Å². The van der Waals surface area contributed by atoms with Crippen molar-refractivity contribution in [3.8, 4) is 0 Å². The second-order valence-electron chi connectivity index (χ2n) is 7.36. The fourth-order valence-electron chi connectivity index (χ4n) is 3.98. The summed E-state index contributed by atoms with van der Waals surface area (Å²) in [4.78, 5) is 37.9. The van der Waals surface area contributed by atoms with Crippen molar-refractivity contribution in [1.29, 1.82) is 0 Å². The first-order chi connectivity index (χ1) is 12.6. The van der Waals surface area contributed by atoms with Crippen LogP contribution < -0.4 is 5.32 Å². The van der Waals surface area contributed by atoms with Crippen molar-refractivity contribution >= 4 is 17.7 Å². The Morgan fingerprint density at radius 3 is 2.62 bits per heavy atom. The SMILES string of the molecule is CCCCCCCCc1cccc2c1CN(C1CCC(=O)NC1=O)C2=O. The van der Waals surface area contributed by atoms with Gasteiger partial charge in [-0.1, -0.05) is 51.2 Å². The summed E-state index contributed by atoms with van der Waals surface area (Å²) in [6.45, 7) is 2.70. The van der Waals surface area contributed by atoms with Gasteiger partial charge in [0.2, 0.25) is 11.8 Å². The number of unbranched alkanes of at least 4 members (excludes halogenated alkanes) is 5. The van der Waals surface area contributed by atoms with Crippen molar-refractivity contribution in [3.05, 3.63) is 34.9 Å². The average molecular weight is 356 g/mol. The highest BCUT2D eigenvalue weighted by molar-refractivity contribution is 6.05. The second-order valence-corrected chi connectivity index (χ2v) is 7.36. The summed E-state index contributed by atoms with van der Waals surface area (Å²) in [7, 11) is 0. The molecule has 0 spiro atoms. The van der Waals surface area contributed by atoms with E-state index in [1.807, 2.05) is 12.1 Å². The molecule has 1 saturated heterocycles. The molecule has 0 radical (unpaired) electrons. The summed E-state index contributed by atoms with van der Waals surface area (Å²) in [5, 5.41) is 2.36. The highest BCUT2D eigenvalue weighted by atomic mass is 16.2. The number of piperidine rings is 1. The summed E-state index contributed by atoms with van der Waals surface area (Å²) in [5.74, 6) is -0.682. The molecule has 0 aliphatic carbocycles. The zero-order chi connectivity index (χ0) is 18.5. The lowest BCUT2D eigenvalue weighted by Gasteiger charge is -2.29. The van der Waals surface area contributed by atoms with E-state index >= 15 is 0 Å². The van der Waals surface area contributed by atoms with Crippen LogP contribution >= 0.6 is 0 Å². The van der Waals surface area contributed by atoms with E-state index in [2.05, 4.69) is 18.3 Å². The molecular formula is C21H28N2O3. The van der Waals surface area contributed by atoms with E-state index in [1.54, 1.807) is 4.90 Å². The van der Waals surface area contributed by atoms with E-state index < -0.39 is 6.04 Å². The van der Waals surface area contributed by atoms with Crippen molar-refractivity contribution in [2.24, 2.45) is 0 Å². The van der Waals surface area contributed by atoms with E-state index in [9.17, 15) is 14.4 Å². The van der Waals surface area contributed by atoms with Gasteiger partial charge in [-0.3, -0.25) is 19.7 Å². The minimum Gasteiger partial charge on any atom is -0.322 e. The van der Waals surface area contributed by atoms with Gasteiger partial charge in [0.05, 0.1) is 0 Å². The smallest absolute Gasteiger partial charge is 0.255 e. The molecule has 3 rings (SSSR count). The van der Waals surface area contributed by atoms with E-state index in [-0.39, 0.29) is 17.7 Å². The topological polar surface area (TPSA) is 66.5 Å². The number of amides is 3. The molecule has 0 aromatic heterocycles. The summed E-state index contributed by atoms with van der Waals surface area (Å²) < 4.78 is 0. The van der Waals surface area contributed by atoms with Crippen LogP contribution in [-0.4, -0.2) is 28.7 Å². The molecule has 1 N–H and O–H groups in total. The van der Waals surface area contributed by atoms with Crippen LogP contribution in [0.4, 0.5) is 0 Å². The van der Waals surface area contributed by atoms with E-state index in [4.69, 9.17) is 0 Å². The number of nitrogens with zero attached hydrogens (tertiary/aromatic N) is 1. The van der Waals surface area contributed by atoms with Crippen molar-refractivity contribution in [2.75, 3.05) is 0 Å². The van der Waals surface area contributed by atoms with Gasteiger partial charge in [0.1, 0.15) is 6.04 Å². The minimum absolute atomic E-state index is 0.0840. The summed E-state index contributed by atoms with van der Waals surface area (Å²) >= 11 is 0. The predicted octanol–water partition coefficient (Wildman–Crippen LogP) is 3.35. The molecular weight excluding hydrogens is 328 g/mol. The van der Waals surface area contributed by atoms with Gasteiger partial charge in [-0.15, -0.1) is 0 Å². The molecule has 1 aromatic carbocycles. The molecule has 1 atom stereocenters. The Bertz CT molecular complexity index is 698. The maximum Gasteiger partial charge on any atom is 0.255 e. The molecule has 26 heavy (non-hydrogen) atoms. The molecule has 5 nitrogen and oxygen atoms in total. The summed E-state index contributed by atoms with van der Waals surface area (Å²) in [5.41, 5.74) is 3.01. The number of hydrogen-bond donors (Lipinski definition) is 1. The molecule has 140 valence electrons. The molecule has 1 unspecified atom stereocenters. The van der Waals surface area contributed by atoms with Crippen LogP contribution in [0.5, 0.6) is 0 Å². The fourth-order valence-corrected chi connectivity index (χ4v) is 3.98. The normalized spacial score (nSPS) is 19.7. The lowest BCUT2D eigenvalue weighted by Crippen LogP contribution is -2.52. The van der Waals surface area contributed by atoms with Crippen LogP contribution in [0.3, 0.4) is 0 Å².